The molecule has 0 aliphatic heterocycles. The second-order valence-corrected chi connectivity index (χ2v) is 6.47. The van der Waals surface area contributed by atoms with Gasteiger partial charge in [-0.2, -0.15) is 0 Å². The Morgan fingerprint density at radius 3 is 2.76 bits per heavy atom. The van der Waals surface area contributed by atoms with Crippen molar-refractivity contribution in [3.8, 4) is 0 Å². The molecular formula is C16H22Si. The van der Waals surface area contributed by atoms with E-state index in [0.717, 1.165) is 15.4 Å². The van der Waals surface area contributed by atoms with Gasteiger partial charge in [-0.3, -0.25) is 0 Å². The van der Waals surface area contributed by atoms with Crippen molar-refractivity contribution >= 4 is 14.7 Å². The van der Waals surface area contributed by atoms with Crippen molar-refractivity contribution < 1.29 is 0 Å². The Balaban J connectivity index is 1.64. The van der Waals surface area contributed by atoms with Crippen LogP contribution in [0.3, 0.4) is 0 Å². The molecule has 0 nitrogen and oxygen atoms in total. The molecule has 2 rings (SSSR count). The van der Waals surface area contributed by atoms with Gasteiger partial charge in [0, 0.05) is 0 Å². The highest BCUT2D eigenvalue weighted by Crippen LogP contribution is 2.31. The second-order valence-electron chi connectivity index (χ2n) is 5.04. The fourth-order valence-corrected chi connectivity index (χ4v) is 3.73. The number of rotatable bonds is 5. The average Bonchev–Trinajstić information content (AvgIpc) is 2.38. The van der Waals surface area contributed by atoms with Gasteiger partial charge in [0.25, 0.3) is 0 Å². The normalized spacial score (nSPS) is 20.5. The van der Waals surface area contributed by atoms with Crippen molar-refractivity contribution in [3.63, 3.8) is 0 Å². The van der Waals surface area contributed by atoms with Crippen LogP contribution in [0.5, 0.6) is 0 Å². The van der Waals surface area contributed by atoms with Crippen LogP contribution in [-0.2, 0) is 0 Å². The summed E-state index contributed by atoms with van der Waals surface area (Å²) in [5.41, 5.74) is 1.53. The summed E-state index contributed by atoms with van der Waals surface area (Å²) < 4.78 is 0. The van der Waals surface area contributed by atoms with Crippen LogP contribution in [0.15, 0.2) is 42.5 Å². The molecule has 0 N–H and O–H groups in total. The number of hydrogen-bond acceptors (Lipinski definition) is 0. The molecule has 0 aromatic heterocycles. The largest absolute Gasteiger partial charge is 0.0996 e. The average molecular weight is 242 g/mol. The molecule has 0 spiro atoms. The molecule has 0 bridgehead atoms. The minimum atomic E-state index is 0.837. The Bertz CT molecular complexity index is 342. The third-order valence-corrected chi connectivity index (χ3v) is 5.06. The van der Waals surface area contributed by atoms with Crippen molar-refractivity contribution in [2.24, 2.45) is 5.92 Å². The van der Waals surface area contributed by atoms with Crippen LogP contribution in [0, 0.1) is 5.92 Å². The number of allylic oxidation sites excluding steroid dienone is 1. The number of benzene rings is 1. The van der Waals surface area contributed by atoms with E-state index in [0.29, 0.717) is 0 Å². The molecule has 1 aliphatic rings. The zero-order chi connectivity index (χ0) is 11.9. The molecular weight excluding hydrogens is 220 g/mol. The molecule has 2 radical (unpaired) electrons. The molecule has 1 unspecified atom stereocenters. The smallest absolute Gasteiger partial charge is 0.0807 e. The maximum atomic E-state index is 4.23. The van der Waals surface area contributed by atoms with Crippen LogP contribution >= 0.6 is 0 Å². The molecule has 1 heteroatoms. The van der Waals surface area contributed by atoms with Crippen molar-refractivity contribution in [3.05, 3.63) is 42.5 Å². The molecule has 0 saturated heterocycles. The molecule has 0 heterocycles. The third-order valence-electron chi connectivity index (χ3n) is 3.71. The monoisotopic (exact) mass is 242 g/mol. The molecule has 17 heavy (non-hydrogen) atoms. The first-order valence-electron chi connectivity index (χ1n) is 6.83. The van der Waals surface area contributed by atoms with Gasteiger partial charge in [0.2, 0.25) is 0 Å². The van der Waals surface area contributed by atoms with Gasteiger partial charge < -0.3 is 0 Å². The fourth-order valence-electron chi connectivity index (χ4n) is 2.64. The minimum absolute atomic E-state index is 0.837. The maximum Gasteiger partial charge on any atom is 0.0807 e. The summed E-state index contributed by atoms with van der Waals surface area (Å²) in [6.45, 7) is 4.23. The van der Waals surface area contributed by atoms with Crippen LogP contribution < -0.4 is 5.19 Å². The fraction of sp³-hybridized carbons (Fsp3) is 0.500. The van der Waals surface area contributed by atoms with Crippen LogP contribution in [0.25, 0.3) is 0 Å². The van der Waals surface area contributed by atoms with Crippen LogP contribution in [-0.4, -0.2) is 9.52 Å². The lowest BCUT2D eigenvalue weighted by molar-refractivity contribution is 0.426. The first-order chi connectivity index (χ1) is 8.36. The SMILES string of the molecule is C=C1CCCCC1CCC[Si]c1ccccc1. The summed E-state index contributed by atoms with van der Waals surface area (Å²) in [6.07, 6.45) is 8.22. The zero-order valence-corrected chi connectivity index (χ0v) is 11.6. The molecule has 90 valence electrons. The highest BCUT2D eigenvalue weighted by atomic mass is 28.2. The first kappa shape index (κ1) is 12.6. The second kappa shape index (κ2) is 6.80. The van der Waals surface area contributed by atoms with E-state index in [9.17, 15) is 0 Å². The van der Waals surface area contributed by atoms with E-state index in [-0.39, 0.29) is 0 Å². The van der Waals surface area contributed by atoms with Gasteiger partial charge in [0.1, 0.15) is 0 Å². The van der Waals surface area contributed by atoms with Gasteiger partial charge in [0.05, 0.1) is 9.52 Å². The molecule has 1 fully saturated rings. The van der Waals surface area contributed by atoms with Crippen molar-refractivity contribution in [1.82, 2.24) is 0 Å². The summed E-state index contributed by atoms with van der Waals surface area (Å²) in [5.74, 6) is 0.837. The quantitative estimate of drug-likeness (QED) is 0.416. The lowest BCUT2D eigenvalue weighted by atomic mass is 9.83. The molecule has 1 aliphatic carbocycles. The molecule has 1 aromatic carbocycles. The van der Waals surface area contributed by atoms with E-state index in [4.69, 9.17) is 0 Å². The lowest BCUT2D eigenvalue weighted by Gasteiger charge is -2.24. The summed E-state index contributed by atoms with van der Waals surface area (Å²) >= 11 is 0. The van der Waals surface area contributed by atoms with Crippen molar-refractivity contribution in [1.29, 1.82) is 0 Å². The van der Waals surface area contributed by atoms with E-state index >= 15 is 0 Å². The van der Waals surface area contributed by atoms with Gasteiger partial charge in [0.15, 0.2) is 0 Å². The topological polar surface area (TPSA) is 0 Å². The molecule has 0 amide bonds. The van der Waals surface area contributed by atoms with E-state index in [1.165, 1.54) is 55.3 Å². The first-order valence-corrected chi connectivity index (χ1v) is 8.03. The van der Waals surface area contributed by atoms with Crippen molar-refractivity contribution in [2.75, 3.05) is 0 Å². The van der Waals surface area contributed by atoms with Gasteiger partial charge >= 0.3 is 0 Å². The van der Waals surface area contributed by atoms with E-state index in [1.54, 1.807) is 0 Å². The van der Waals surface area contributed by atoms with E-state index in [1.807, 2.05) is 0 Å². The Hall–Kier alpha value is -0.823. The van der Waals surface area contributed by atoms with E-state index in [2.05, 4.69) is 36.9 Å². The molecule has 1 aromatic rings. The maximum absolute atomic E-state index is 4.23. The standard InChI is InChI=1S/C16H22Si/c1-14-8-5-6-9-15(14)10-7-13-17-16-11-3-2-4-12-16/h2-4,11-12,15H,1,5-10,13H2. The number of hydrogen-bond donors (Lipinski definition) is 0. The summed E-state index contributed by atoms with van der Waals surface area (Å²) in [4.78, 5) is 0. The predicted octanol–water partition coefficient (Wildman–Crippen LogP) is 3.96. The minimum Gasteiger partial charge on any atom is -0.0996 e. The Labute approximate surface area is 108 Å². The van der Waals surface area contributed by atoms with Crippen LogP contribution in [0.4, 0.5) is 0 Å². The van der Waals surface area contributed by atoms with Gasteiger partial charge in [-0.15, -0.1) is 0 Å². The van der Waals surface area contributed by atoms with Crippen molar-refractivity contribution in [2.45, 2.75) is 44.6 Å². The van der Waals surface area contributed by atoms with Gasteiger partial charge in [-0.1, -0.05) is 66.6 Å². The molecule has 1 saturated carbocycles. The summed E-state index contributed by atoms with van der Waals surface area (Å²) in [6, 6.07) is 12.2. The van der Waals surface area contributed by atoms with E-state index < -0.39 is 0 Å². The lowest BCUT2D eigenvalue weighted by Crippen LogP contribution is -2.14. The summed E-state index contributed by atoms with van der Waals surface area (Å²) in [7, 11) is 0.988. The zero-order valence-electron chi connectivity index (χ0n) is 10.6. The van der Waals surface area contributed by atoms with Crippen LogP contribution in [0.2, 0.25) is 6.04 Å². The Morgan fingerprint density at radius 2 is 2.00 bits per heavy atom. The Kier molecular flexibility index (Phi) is 5.05. The Morgan fingerprint density at radius 1 is 1.18 bits per heavy atom. The summed E-state index contributed by atoms with van der Waals surface area (Å²) in [5, 5.41) is 1.51. The predicted molar refractivity (Wildman–Crippen MR) is 77.0 cm³/mol. The third kappa shape index (κ3) is 4.16. The van der Waals surface area contributed by atoms with Crippen LogP contribution in [0.1, 0.15) is 38.5 Å². The molecule has 1 atom stereocenters. The highest BCUT2D eigenvalue weighted by Gasteiger charge is 2.16. The highest BCUT2D eigenvalue weighted by molar-refractivity contribution is 6.53. The van der Waals surface area contributed by atoms with Gasteiger partial charge in [-0.05, 0) is 31.6 Å². The van der Waals surface area contributed by atoms with Gasteiger partial charge in [-0.25, -0.2) is 0 Å².